The molecule has 0 atom stereocenters. The predicted molar refractivity (Wildman–Crippen MR) is 78.1 cm³/mol. The maximum absolute atomic E-state index is 10.7. The first kappa shape index (κ1) is 13.6. The fraction of sp³-hybridized carbons (Fsp3) is 0.188. The molecule has 0 aromatic heterocycles. The third kappa shape index (κ3) is 3.36. The van der Waals surface area contributed by atoms with Gasteiger partial charge in [-0.2, -0.15) is 0 Å². The molecule has 0 aliphatic rings. The predicted octanol–water partition coefficient (Wildman–Crippen LogP) is 4.61. The quantitative estimate of drug-likeness (QED) is 0.744. The minimum atomic E-state index is 0.576. The van der Waals surface area contributed by atoms with Crippen molar-refractivity contribution in [1.29, 1.82) is 0 Å². The van der Waals surface area contributed by atoms with E-state index in [2.05, 4.69) is 6.92 Å². The zero-order chi connectivity index (χ0) is 13.7. The number of halogens is 1. The molecular weight excluding hydrogens is 260 g/mol. The second-order valence-electron chi connectivity index (χ2n) is 4.23. The number of rotatable bonds is 5. The Balaban J connectivity index is 2.24. The summed E-state index contributed by atoms with van der Waals surface area (Å²) in [6, 6.07) is 13.1. The largest absolute Gasteiger partial charge is 0.494 e. The van der Waals surface area contributed by atoms with Crippen LogP contribution in [0.5, 0.6) is 5.75 Å². The molecule has 2 nitrogen and oxygen atoms in total. The molecule has 19 heavy (non-hydrogen) atoms. The van der Waals surface area contributed by atoms with E-state index in [9.17, 15) is 4.79 Å². The summed E-state index contributed by atoms with van der Waals surface area (Å²) in [4.78, 5) is 10.7. The summed E-state index contributed by atoms with van der Waals surface area (Å²) >= 11 is 6.18. The van der Waals surface area contributed by atoms with Crippen LogP contribution >= 0.6 is 11.6 Å². The Morgan fingerprint density at radius 2 is 1.89 bits per heavy atom. The Labute approximate surface area is 118 Å². The first-order valence-corrected chi connectivity index (χ1v) is 6.60. The Hall–Kier alpha value is -1.80. The minimum absolute atomic E-state index is 0.576. The van der Waals surface area contributed by atoms with Crippen molar-refractivity contribution < 1.29 is 9.53 Å². The van der Waals surface area contributed by atoms with Crippen LogP contribution in [-0.4, -0.2) is 12.9 Å². The van der Waals surface area contributed by atoms with Crippen LogP contribution in [0.15, 0.2) is 42.5 Å². The van der Waals surface area contributed by atoms with Gasteiger partial charge in [0.1, 0.15) is 12.0 Å². The molecule has 0 saturated carbocycles. The maximum atomic E-state index is 10.7. The monoisotopic (exact) mass is 274 g/mol. The van der Waals surface area contributed by atoms with E-state index in [0.29, 0.717) is 17.2 Å². The molecule has 0 unspecified atom stereocenters. The molecule has 98 valence electrons. The van der Waals surface area contributed by atoms with Crippen LogP contribution in [-0.2, 0) is 0 Å². The number of hydrogen-bond donors (Lipinski definition) is 0. The van der Waals surface area contributed by atoms with Gasteiger partial charge in [-0.3, -0.25) is 4.79 Å². The van der Waals surface area contributed by atoms with Gasteiger partial charge < -0.3 is 4.74 Å². The van der Waals surface area contributed by atoms with Crippen molar-refractivity contribution in [2.45, 2.75) is 13.3 Å². The number of carbonyl (C=O) groups is 1. The highest BCUT2D eigenvalue weighted by atomic mass is 35.5. The van der Waals surface area contributed by atoms with Crippen LogP contribution in [0.4, 0.5) is 0 Å². The average Bonchev–Trinajstić information content (AvgIpc) is 2.45. The van der Waals surface area contributed by atoms with E-state index in [1.54, 1.807) is 12.1 Å². The highest BCUT2D eigenvalue weighted by Gasteiger charge is 2.05. The summed E-state index contributed by atoms with van der Waals surface area (Å²) in [5.41, 5.74) is 2.50. The van der Waals surface area contributed by atoms with Crippen molar-refractivity contribution in [3.05, 3.63) is 53.1 Å². The summed E-state index contributed by atoms with van der Waals surface area (Å²) in [6.45, 7) is 2.79. The third-order valence-corrected chi connectivity index (χ3v) is 3.08. The zero-order valence-electron chi connectivity index (χ0n) is 10.7. The molecule has 0 amide bonds. The highest BCUT2D eigenvalue weighted by molar-refractivity contribution is 6.33. The Morgan fingerprint density at radius 3 is 2.47 bits per heavy atom. The van der Waals surface area contributed by atoms with E-state index in [-0.39, 0.29) is 0 Å². The van der Waals surface area contributed by atoms with Gasteiger partial charge in [-0.1, -0.05) is 42.8 Å². The lowest BCUT2D eigenvalue weighted by Crippen LogP contribution is -1.94. The van der Waals surface area contributed by atoms with Crippen molar-refractivity contribution in [3.8, 4) is 16.9 Å². The van der Waals surface area contributed by atoms with E-state index < -0.39 is 0 Å². The molecule has 0 spiro atoms. The van der Waals surface area contributed by atoms with Crippen LogP contribution in [0.2, 0.25) is 5.02 Å². The van der Waals surface area contributed by atoms with Gasteiger partial charge in [0, 0.05) is 16.1 Å². The van der Waals surface area contributed by atoms with Crippen molar-refractivity contribution in [1.82, 2.24) is 0 Å². The van der Waals surface area contributed by atoms with Gasteiger partial charge in [-0.25, -0.2) is 0 Å². The van der Waals surface area contributed by atoms with E-state index >= 15 is 0 Å². The van der Waals surface area contributed by atoms with Crippen molar-refractivity contribution in [2.75, 3.05) is 6.61 Å². The van der Waals surface area contributed by atoms with Crippen LogP contribution in [0.3, 0.4) is 0 Å². The van der Waals surface area contributed by atoms with Gasteiger partial charge in [0.15, 0.2) is 0 Å². The number of hydrogen-bond acceptors (Lipinski definition) is 2. The maximum Gasteiger partial charge on any atom is 0.150 e. The third-order valence-electron chi connectivity index (χ3n) is 2.77. The van der Waals surface area contributed by atoms with Gasteiger partial charge in [0.2, 0.25) is 0 Å². The zero-order valence-corrected chi connectivity index (χ0v) is 11.5. The molecule has 0 radical (unpaired) electrons. The van der Waals surface area contributed by atoms with Crippen LogP contribution in [0.25, 0.3) is 11.1 Å². The lowest BCUT2D eigenvalue weighted by molar-refractivity contribution is 0.112. The number of ether oxygens (including phenoxy) is 1. The van der Waals surface area contributed by atoms with Crippen molar-refractivity contribution >= 4 is 17.9 Å². The second-order valence-corrected chi connectivity index (χ2v) is 4.64. The first-order valence-electron chi connectivity index (χ1n) is 6.22. The Kier molecular flexibility index (Phi) is 4.58. The molecule has 3 heteroatoms. The highest BCUT2D eigenvalue weighted by Crippen LogP contribution is 2.29. The fourth-order valence-electron chi connectivity index (χ4n) is 1.79. The molecular formula is C16H15ClO2. The van der Waals surface area contributed by atoms with Crippen LogP contribution in [0, 0.1) is 0 Å². The molecule has 2 rings (SSSR count). The molecule has 0 N–H and O–H groups in total. The van der Waals surface area contributed by atoms with Gasteiger partial charge in [0.25, 0.3) is 0 Å². The number of carbonyl (C=O) groups excluding carboxylic acids is 1. The van der Waals surface area contributed by atoms with E-state index in [0.717, 1.165) is 29.6 Å². The summed E-state index contributed by atoms with van der Waals surface area (Å²) in [6.07, 6.45) is 1.78. The van der Waals surface area contributed by atoms with Crippen molar-refractivity contribution in [3.63, 3.8) is 0 Å². The number of aldehydes is 1. The molecule has 0 heterocycles. The Morgan fingerprint density at radius 1 is 1.16 bits per heavy atom. The van der Waals surface area contributed by atoms with Crippen LogP contribution in [0.1, 0.15) is 23.7 Å². The van der Waals surface area contributed by atoms with E-state index in [1.807, 2.05) is 30.3 Å². The average molecular weight is 275 g/mol. The molecule has 0 saturated heterocycles. The van der Waals surface area contributed by atoms with Gasteiger partial charge in [0.05, 0.1) is 6.61 Å². The summed E-state index contributed by atoms with van der Waals surface area (Å²) < 4.78 is 5.53. The molecule has 0 aliphatic carbocycles. The first-order chi connectivity index (χ1) is 9.24. The lowest BCUT2D eigenvalue weighted by Gasteiger charge is -2.08. The molecule has 0 bridgehead atoms. The summed E-state index contributed by atoms with van der Waals surface area (Å²) in [7, 11) is 0. The molecule has 2 aromatic rings. The minimum Gasteiger partial charge on any atom is -0.494 e. The van der Waals surface area contributed by atoms with Gasteiger partial charge in [-0.05, 0) is 30.2 Å². The molecule has 0 fully saturated rings. The van der Waals surface area contributed by atoms with E-state index in [4.69, 9.17) is 16.3 Å². The molecule has 2 aromatic carbocycles. The van der Waals surface area contributed by atoms with E-state index in [1.165, 1.54) is 0 Å². The van der Waals surface area contributed by atoms with Gasteiger partial charge in [-0.15, -0.1) is 0 Å². The number of benzene rings is 2. The second kappa shape index (κ2) is 6.39. The summed E-state index contributed by atoms with van der Waals surface area (Å²) in [5, 5.41) is 0.576. The summed E-state index contributed by atoms with van der Waals surface area (Å²) in [5.74, 6) is 0.853. The van der Waals surface area contributed by atoms with Gasteiger partial charge >= 0.3 is 0 Å². The SMILES string of the molecule is CCCOc1ccc(-c2ccc(C=O)cc2Cl)cc1. The lowest BCUT2D eigenvalue weighted by atomic mass is 10.0. The standard InChI is InChI=1S/C16H15ClO2/c1-2-9-19-14-6-4-13(5-7-14)15-8-3-12(11-18)10-16(15)17/h3-8,10-11H,2,9H2,1H3. The van der Waals surface area contributed by atoms with Crippen molar-refractivity contribution in [2.24, 2.45) is 0 Å². The topological polar surface area (TPSA) is 26.3 Å². The fourth-order valence-corrected chi connectivity index (χ4v) is 2.09. The normalized spacial score (nSPS) is 10.2. The smallest absolute Gasteiger partial charge is 0.150 e. The molecule has 0 aliphatic heterocycles. The van der Waals surface area contributed by atoms with Crippen LogP contribution < -0.4 is 4.74 Å². The Bertz CT molecular complexity index is 561.